The number of nitrogens with zero attached hydrogens (tertiary/aromatic N) is 1. The van der Waals surface area contributed by atoms with Crippen LogP contribution in [0.4, 0.5) is 0 Å². The van der Waals surface area contributed by atoms with Crippen LogP contribution in [0.1, 0.15) is 6.92 Å². The van der Waals surface area contributed by atoms with Gasteiger partial charge in [0.2, 0.25) is 0 Å². The molecular formula is C7H11N. The second kappa shape index (κ2) is 4.31. The van der Waals surface area contributed by atoms with Gasteiger partial charge in [-0.25, -0.2) is 0 Å². The van der Waals surface area contributed by atoms with Gasteiger partial charge in [-0.3, -0.25) is 4.99 Å². The van der Waals surface area contributed by atoms with Crippen molar-refractivity contribution in [3.05, 3.63) is 24.3 Å². The molecule has 0 atom stereocenters. The summed E-state index contributed by atoms with van der Waals surface area (Å²) in [7, 11) is 1.74. The molecule has 0 aromatic heterocycles. The molecule has 0 spiro atoms. The molecule has 0 aliphatic heterocycles. The fraction of sp³-hybridized carbons (Fsp3) is 0.286. The molecule has 1 nitrogen and oxygen atoms in total. The zero-order valence-electron chi connectivity index (χ0n) is 5.39. The van der Waals surface area contributed by atoms with Crippen molar-refractivity contribution in [3.8, 4) is 0 Å². The number of aliphatic imine (C=N–C) groups is 1. The molecule has 0 saturated heterocycles. The van der Waals surface area contributed by atoms with E-state index in [2.05, 4.69) is 11.6 Å². The van der Waals surface area contributed by atoms with E-state index in [9.17, 15) is 0 Å². The van der Waals surface area contributed by atoms with E-state index in [0.717, 1.165) is 5.57 Å². The van der Waals surface area contributed by atoms with Crippen LogP contribution in [0.25, 0.3) is 0 Å². The van der Waals surface area contributed by atoms with Crippen molar-refractivity contribution in [2.24, 2.45) is 4.99 Å². The molecule has 0 heterocycles. The molecule has 8 heavy (non-hydrogen) atoms. The second-order valence-electron chi connectivity index (χ2n) is 1.52. The van der Waals surface area contributed by atoms with Crippen LogP contribution >= 0.6 is 0 Å². The molecule has 0 unspecified atom stereocenters. The monoisotopic (exact) mass is 109 g/mol. The Hall–Kier alpha value is -0.850. The van der Waals surface area contributed by atoms with Crippen molar-refractivity contribution in [1.82, 2.24) is 0 Å². The summed E-state index contributed by atoms with van der Waals surface area (Å²) in [6, 6.07) is 0. The fourth-order valence-corrected chi connectivity index (χ4v) is 0.260. The molecule has 0 radical (unpaired) electrons. The Labute approximate surface area is 50.4 Å². The van der Waals surface area contributed by atoms with Crippen molar-refractivity contribution in [1.29, 1.82) is 0 Å². The third kappa shape index (κ3) is 3.34. The zero-order valence-corrected chi connectivity index (χ0v) is 5.39. The number of rotatable bonds is 2. The van der Waals surface area contributed by atoms with Gasteiger partial charge in [-0.2, -0.15) is 0 Å². The van der Waals surface area contributed by atoms with Crippen LogP contribution in [0.15, 0.2) is 29.3 Å². The average molecular weight is 109 g/mol. The summed E-state index contributed by atoms with van der Waals surface area (Å²) >= 11 is 0. The van der Waals surface area contributed by atoms with E-state index in [4.69, 9.17) is 0 Å². The van der Waals surface area contributed by atoms with Crippen molar-refractivity contribution in [3.63, 3.8) is 0 Å². The highest BCUT2D eigenvalue weighted by Gasteiger charge is 1.70. The molecule has 0 bridgehead atoms. The van der Waals surface area contributed by atoms with Gasteiger partial charge in [-0.05, 0) is 13.0 Å². The van der Waals surface area contributed by atoms with E-state index in [1.807, 2.05) is 13.0 Å². The molecule has 0 fully saturated rings. The number of hydrogen-bond donors (Lipinski definition) is 0. The lowest BCUT2D eigenvalue weighted by atomic mass is 10.3. The number of hydrogen-bond acceptors (Lipinski definition) is 1. The van der Waals surface area contributed by atoms with Gasteiger partial charge in [0, 0.05) is 13.3 Å². The summed E-state index contributed by atoms with van der Waals surface area (Å²) in [5.41, 5.74) is 1.13. The highest BCUT2D eigenvalue weighted by molar-refractivity contribution is 5.72. The summed E-state index contributed by atoms with van der Waals surface area (Å²) in [5.74, 6) is 0. The van der Waals surface area contributed by atoms with Gasteiger partial charge >= 0.3 is 0 Å². The molecule has 1 heteroatoms. The molecule has 0 N–H and O–H groups in total. The van der Waals surface area contributed by atoms with Gasteiger partial charge in [-0.1, -0.05) is 18.2 Å². The van der Waals surface area contributed by atoms with Crippen molar-refractivity contribution < 1.29 is 0 Å². The minimum absolute atomic E-state index is 1.13. The Morgan fingerprint density at radius 3 is 2.62 bits per heavy atom. The Bertz CT molecular complexity index is 120. The minimum atomic E-state index is 1.13. The van der Waals surface area contributed by atoms with Gasteiger partial charge in [0.15, 0.2) is 0 Å². The quantitative estimate of drug-likeness (QED) is 0.379. The summed E-state index contributed by atoms with van der Waals surface area (Å²) in [6.07, 6.45) is 5.45. The SMILES string of the molecule is C=C/C(C)=C\C=NC. The molecule has 0 aromatic carbocycles. The molecule has 0 amide bonds. The third-order valence-electron chi connectivity index (χ3n) is 0.808. The standard InChI is InChI=1S/C7H11N/c1-4-7(2)5-6-8-3/h4-6H,1H2,2-3H3/b7-5-,8-6?. The first kappa shape index (κ1) is 7.15. The Morgan fingerprint density at radius 1 is 1.62 bits per heavy atom. The lowest BCUT2D eigenvalue weighted by molar-refractivity contribution is 1.46. The molecule has 0 saturated carbocycles. The largest absolute Gasteiger partial charge is 0.297 e. The first-order chi connectivity index (χ1) is 3.81. The molecule has 0 rings (SSSR count). The van der Waals surface area contributed by atoms with Crippen molar-refractivity contribution >= 4 is 6.21 Å². The Balaban J connectivity index is 3.74. The summed E-state index contributed by atoms with van der Waals surface area (Å²) in [6.45, 7) is 5.56. The van der Waals surface area contributed by atoms with Crippen LogP contribution in [-0.4, -0.2) is 13.3 Å². The van der Waals surface area contributed by atoms with E-state index in [-0.39, 0.29) is 0 Å². The predicted octanol–water partition coefficient (Wildman–Crippen LogP) is 1.82. The molecular weight excluding hydrogens is 98.1 g/mol. The summed E-state index contributed by atoms with van der Waals surface area (Å²) in [5, 5.41) is 0. The van der Waals surface area contributed by atoms with Crippen LogP contribution < -0.4 is 0 Å². The van der Waals surface area contributed by atoms with E-state index < -0.39 is 0 Å². The summed E-state index contributed by atoms with van der Waals surface area (Å²) < 4.78 is 0. The van der Waals surface area contributed by atoms with Crippen molar-refractivity contribution in [2.45, 2.75) is 6.92 Å². The van der Waals surface area contributed by atoms with Crippen LogP contribution in [0.2, 0.25) is 0 Å². The van der Waals surface area contributed by atoms with Crippen LogP contribution in [0, 0.1) is 0 Å². The average Bonchev–Trinajstić information content (AvgIpc) is 1.83. The molecule has 0 aromatic rings. The van der Waals surface area contributed by atoms with Gasteiger partial charge in [-0.15, -0.1) is 0 Å². The smallest absolute Gasteiger partial charge is 0.0277 e. The van der Waals surface area contributed by atoms with Crippen LogP contribution in [-0.2, 0) is 0 Å². The number of allylic oxidation sites excluding steroid dienone is 3. The second-order valence-corrected chi connectivity index (χ2v) is 1.52. The highest BCUT2D eigenvalue weighted by atomic mass is 14.6. The Morgan fingerprint density at radius 2 is 2.25 bits per heavy atom. The third-order valence-corrected chi connectivity index (χ3v) is 0.808. The lowest BCUT2D eigenvalue weighted by Gasteiger charge is -1.81. The van der Waals surface area contributed by atoms with Crippen LogP contribution in [0.3, 0.4) is 0 Å². The lowest BCUT2D eigenvalue weighted by Crippen LogP contribution is -1.67. The topological polar surface area (TPSA) is 12.4 Å². The molecule has 44 valence electrons. The van der Waals surface area contributed by atoms with Gasteiger partial charge in [0.05, 0.1) is 0 Å². The van der Waals surface area contributed by atoms with E-state index in [0.29, 0.717) is 0 Å². The van der Waals surface area contributed by atoms with E-state index >= 15 is 0 Å². The van der Waals surface area contributed by atoms with Gasteiger partial charge in [0.1, 0.15) is 0 Å². The maximum absolute atomic E-state index is 3.77. The highest BCUT2D eigenvalue weighted by Crippen LogP contribution is 1.88. The molecule has 0 aliphatic rings. The van der Waals surface area contributed by atoms with Gasteiger partial charge in [0.25, 0.3) is 0 Å². The predicted molar refractivity (Wildman–Crippen MR) is 38.4 cm³/mol. The summed E-state index contributed by atoms with van der Waals surface area (Å²) in [4.78, 5) is 3.77. The first-order valence-electron chi connectivity index (χ1n) is 2.52. The Kier molecular flexibility index (Phi) is 3.85. The normalized spacial score (nSPS) is 12.5. The maximum atomic E-state index is 3.77. The van der Waals surface area contributed by atoms with Crippen LogP contribution in [0.5, 0.6) is 0 Å². The zero-order chi connectivity index (χ0) is 6.41. The van der Waals surface area contributed by atoms with Gasteiger partial charge < -0.3 is 0 Å². The fourth-order valence-electron chi connectivity index (χ4n) is 0.260. The minimum Gasteiger partial charge on any atom is -0.297 e. The maximum Gasteiger partial charge on any atom is 0.0277 e. The van der Waals surface area contributed by atoms with E-state index in [1.165, 1.54) is 0 Å². The van der Waals surface area contributed by atoms with E-state index in [1.54, 1.807) is 19.3 Å². The molecule has 0 aliphatic carbocycles. The first-order valence-corrected chi connectivity index (χ1v) is 2.52. The van der Waals surface area contributed by atoms with Crippen molar-refractivity contribution in [2.75, 3.05) is 7.05 Å².